The number of nitriles is 1. The van der Waals surface area contributed by atoms with E-state index >= 15 is 0 Å². The number of nitrogens with zero attached hydrogens (tertiary/aromatic N) is 1. The Hall–Kier alpha value is -2.28. The van der Waals surface area contributed by atoms with Crippen molar-refractivity contribution in [2.45, 2.75) is 13.3 Å². The third-order valence-corrected chi connectivity index (χ3v) is 2.23. The Kier molecular flexibility index (Phi) is 4.77. The number of hydrogen-bond acceptors (Lipinski definition) is 4. The minimum absolute atomic E-state index is 0.0128. The molecule has 0 aromatic heterocycles. The van der Waals surface area contributed by atoms with Gasteiger partial charge in [0.25, 0.3) is 0 Å². The normalized spacial score (nSPS) is 11.1. The van der Waals surface area contributed by atoms with E-state index in [1.54, 1.807) is 0 Å². The van der Waals surface area contributed by atoms with Crippen LogP contribution in [0.4, 0.5) is 5.69 Å². The molecule has 0 aliphatic heterocycles. The van der Waals surface area contributed by atoms with Crippen LogP contribution >= 0.6 is 0 Å². The molecular weight excluding hydrogens is 216 g/mol. The molecule has 0 radical (unpaired) electrons. The summed E-state index contributed by atoms with van der Waals surface area (Å²) in [5, 5.41) is 12.0. The summed E-state index contributed by atoms with van der Waals surface area (Å²) in [5.41, 5.74) is 1.41. The van der Waals surface area contributed by atoms with Gasteiger partial charge in [-0.25, -0.2) is 4.79 Å². The quantitative estimate of drug-likeness (QED) is 0.490. The molecule has 4 nitrogen and oxygen atoms in total. The number of methoxy groups -OCH3 is 1. The first kappa shape index (κ1) is 12.8. The molecule has 0 aliphatic carbocycles. The van der Waals surface area contributed by atoms with Crippen molar-refractivity contribution in [1.82, 2.24) is 0 Å². The smallest absolute Gasteiger partial charge is 0.350 e. The topological polar surface area (TPSA) is 62.1 Å². The molecule has 0 saturated heterocycles. The van der Waals surface area contributed by atoms with Gasteiger partial charge in [-0.2, -0.15) is 5.26 Å². The lowest BCUT2D eigenvalue weighted by Crippen LogP contribution is -2.11. The van der Waals surface area contributed by atoms with Gasteiger partial charge in [0, 0.05) is 11.4 Å². The zero-order valence-electron chi connectivity index (χ0n) is 9.86. The number of benzene rings is 1. The molecule has 0 saturated carbocycles. The molecule has 0 amide bonds. The Morgan fingerprint density at radius 1 is 1.41 bits per heavy atom. The summed E-state index contributed by atoms with van der Waals surface area (Å²) in [6, 6.07) is 11.2. The van der Waals surface area contributed by atoms with E-state index in [0.717, 1.165) is 5.69 Å². The molecule has 1 rings (SSSR count). The number of allylic oxidation sites excluding steroid dienone is 1. The lowest BCUT2D eigenvalue weighted by Gasteiger charge is -2.10. The Bertz CT molecular complexity index is 458. The number of para-hydroxylation sites is 1. The summed E-state index contributed by atoms with van der Waals surface area (Å²) < 4.78 is 4.56. The summed E-state index contributed by atoms with van der Waals surface area (Å²) in [6.45, 7) is 1.87. The molecule has 0 fully saturated rings. The number of carbonyl (C=O) groups is 1. The van der Waals surface area contributed by atoms with Crippen LogP contribution in [-0.2, 0) is 9.53 Å². The zero-order chi connectivity index (χ0) is 12.7. The van der Waals surface area contributed by atoms with Crippen LogP contribution in [0.15, 0.2) is 41.6 Å². The number of esters is 1. The highest BCUT2D eigenvalue weighted by Crippen LogP contribution is 2.15. The molecule has 1 aromatic carbocycles. The molecule has 17 heavy (non-hydrogen) atoms. The summed E-state index contributed by atoms with van der Waals surface area (Å²) in [5.74, 6) is -0.618. The third kappa shape index (κ3) is 3.35. The maximum atomic E-state index is 11.4. The highest BCUT2D eigenvalue weighted by atomic mass is 16.5. The first-order valence-corrected chi connectivity index (χ1v) is 5.26. The van der Waals surface area contributed by atoms with Gasteiger partial charge in [-0.15, -0.1) is 0 Å². The fourth-order valence-corrected chi connectivity index (χ4v) is 1.36. The van der Waals surface area contributed by atoms with Crippen LogP contribution in [0.3, 0.4) is 0 Å². The zero-order valence-corrected chi connectivity index (χ0v) is 9.86. The van der Waals surface area contributed by atoms with Gasteiger partial charge < -0.3 is 10.1 Å². The monoisotopic (exact) mass is 230 g/mol. The second-order valence-electron chi connectivity index (χ2n) is 3.30. The minimum atomic E-state index is -0.618. The van der Waals surface area contributed by atoms with Crippen molar-refractivity contribution >= 4 is 11.7 Å². The fraction of sp³-hybridized carbons (Fsp3) is 0.231. The van der Waals surface area contributed by atoms with E-state index in [-0.39, 0.29) is 5.57 Å². The maximum absolute atomic E-state index is 11.4. The van der Waals surface area contributed by atoms with Crippen molar-refractivity contribution in [3.8, 4) is 6.07 Å². The second kappa shape index (κ2) is 6.33. The molecule has 1 aromatic rings. The summed E-state index contributed by atoms with van der Waals surface area (Å²) in [7, 11) is 1.26. The molecule has 0 atom stereocenters. The fourth-order valence-electron chi connectivity index (χ4n) is 1.36. The van der Waals surface area contributed by atoms with Gasteiger partial charge >= 0.3 is 5.97 Å². The predicted octanol–water partition coefficient (Wildman–Crippen LogP) is 2.46. The SMILES string of the molecule is CC/C(Nc1ccccc1)=C(/C#N)C(=O)OC. The largest absolute Gasteiger partial charge is 0.465 e. The Morgan fingerprint density at radius 2 is 2.06 bits per heavy atom. The van der Waals surface area contributed by atoms with Crippen LogP contribution in [0.1, 0.15) is 13.3 Å². The Morgan fingerprint density at radius 3 is 2.53 bits per heavy atom. The summed E-state index contributed by atoms with van der Waals surface area (Å²) >= 11 is 0. The number of hydrogen-bond donors (Lipinski definition) is 1. The van der Waals surface area contributed by atoms with Gasteiger partial charge in [-0.3, -0.25) is 0 Å². The third-order valence-electron chi connectivity index (χ3n) is 2.23. The van der Waals surface area contributed by atoms with E-state index in [9.17, 15) is 4.79 Å². The Balaban J connectivity index is 3.02. The first-order valence-electron chi connectivity index (χ1n) is 5.26. The molecule has 0 spiro atoms. The summed E-state index contributed by atoms with van der Waals surface area (Å²) in [6.07, 6.45) is 0.548. The number of nitrogens with one attached hydrogen (secondary N) is 1. The van der Waals surface area contributed by atoms with Crippen molar-refractivity contribution in [3.63, 3.8) is 0 Å². The number of rotatable bonds is 4. The van der Waals surface area contributed by atoms with Gasteiger partial charge in [0.2, 0.25) is 0 Å². The lowest BCUT2D eigenvalue weighted by molar-refractivity contribution is -0.135. The molecular formula is C13H14N2O2. The average Bonchev–Trinajstić information content (AvgIpc) is 2.39. The van der Waals surface area contributed by atoms with E-state index in [4.69, 9.17) is 5.26 Å². The minimum Gasteiger partial charge on any atom is -0.465 e. The molecule has 4 heteroatoms. The van der Waals surface area contributed by atoms with Crippen molar-refractivity contribution in [3.05, 3.63) is 41.6 Å². The van der Waals surface area contributed by atoms with Crippen molar-refractivity contribution < 1.29 is 9.53 Å². The first-order chi connectivity index (χ1) is 8.22. The van der Waals surface area contributed by atoms with E-state index < -0.39 is 5.97 Å². The van der Waals surface area contributed by atoms with Gasteiger partial charge in [-0.05, 0) is 18.6 Å². The standard InChI is InChI=1S/C13H14N2O2/c1-3-12(11(9-14)13(16)17-2)15-10-7-5-4-6-8-10/h4-8,15H,3H2,1-2H3/b12-11+. The van der Waals surface area contributed by atoms with E-state index in [1.807, 2.05) is 43.3 Å². The number of anilines is 1. The van der Waals surface area contributed by atoms with Gasteiger partial charge in [0.1, 0.15) is 6.07 Å². The molecule has 0 bridgehead atoms. The van der Waals surface area contributed by atoms with E-state index in [1.165, 1.54) is 7.11 Å². The van der Waals surface area contributed by atoms with Crippen molar-refractivity contribution in [2.75, 3.05) is 12.4 Å². The highest BCUT2D eigenvalue weighted by Gasteiger charge is 2.14. The number of ether oxygens (including phenoxy) is 1. The summed E-state index contributed by atoms with van der Waals surface area (Å²) in [4.78, 5) is 11.4. The maximum Gasteiger partial charge on any atom is 0.350 e. The van der Waals surface area contributed by atoms with Gasteiger partial charge in [0.15, 0.2) is 5.57 Å². The van der Waals surface area contributed by atoms with Crippen LogP contribution < -0.4 is 5.32 Å². The van der Waals surface area contributed by atoms with E-state index in [0.29, 0.717) is 12.1 Å². The van der Waals surface area contributed by atoms with Crippen LogP contribution in [0.2, 0.25) is 0 Å². The lowest BCUT2D eigenvalue weighted by atomic mass is 10.1. The molecule has 0 unspecified atom stereocenters. The predicted molar refractivity (Wildman–Crippen MR) is 65.0 cm³/mol. The Labute approximate surface area is 101 Å². The van der Waals surface area contributed by atoms with Crippen LogP contribution in [0.5, 0.6) is 0 Å². The molecule has 0 heterocycles. The van der Waals surface area contributed by atoms with E-state index in [2.05, 4.69) is 10.1 Å². The van der Waals surface area contributed by atoms with Gasteiger partial charge in [-0.1, -0.05) is 25.1 Å². The molecule has 1 N–H and O–H groups in total. The molecule has 88 valence electrons. The van der Waals surface area contributed by atoms with Crippen molar-refractivity contribution in [2.24, 2.45) is 0 Å². The average molecular weight is 230 g/mol. The van der Waals surface area contributed by atoms with Gasteiger partial charge in [0.05, 0.1) is 7.11 Å². The number of carbonyl (C=O) groups excluding carboxylic acids is 1. The molecule has 0 aliphatic rings. The van der Waals surface area contributed by atoms with Crippen LogP contribution in [-0.4, -0.2) is 13.1 Å². The van der Waals surface area contributed by atoms with Crippen LogP contribution in [0, 0.1) is 11.3 Å². The van der Waals surface area contributed by atoms with Crippen molar-refractivity contribution in [1.29, 1.82) is 5.26 Å². The second-order valence-corrected chi connectivity index (χ2v) is 3.30. The highest BCUT2D eigenvalue weighted by molar-refractivity contribution is 5.94. The van der Waals surface area contributed by atoms with Crippen LogP contribution in [0.25, 0.3) is 0 Å².